The Morgan fingerprint density at radius 3 is 1.60 bits per heavy atom. The lowest BCUT2D eigenvalue weighted by Gasteiger charge is -2.48. The van der Waals surface area contributed by atoms with E-state index in [1.165, 1.54) is 7.05 Å². The summed E-state index contributed by atoms with van der Waals surface area (Å²) >= 11 is 0. The van der Waals surface area contributed by atoms with Crippen LogP contribution in [-0.2, 0) is 0 Å². The lowest BCUT2D eigenvalue weighted by atomic mass is 10.5. The largest absolute Gasteiger partial charge is 0.772 e. The summed E-state index contributed by atoms with van der Waals surface area (Å²) < 4.78 is 0. The second kappa shape index (κ2) is 3.85. The quantitative estimate of drug-likeness (QED) is 0.416. The van der Waals surface area contributed by atoms with Crippen LogP contribution in [0.1, 0.15) is 6.92 Å². The van der Waals surface area contributed by atoms with Crippen molar-refractivity contribution in [1.82, 2.24) is 15.2 Å². The van der Waals surface area contributed by atoms with E-state index in [4.69, 9.17) is 0 Å². The van der Waals surface area contributed by atoms with Crippen LogP contribution in [0.5, 0.6) is 0 Å². The third-order valence-electron chi connectivity index (χ3n) is 1.34. The second-order valence-electron chi connectivity index (χ2n) is 2.36. The van der Waals surface area contributed by atoms with Gasteiger partial charge >= 0.3 is 0 Å². The van der Waals surface area contributed by atoms with Crippen LogP contribution in [-0.4, -0.2) is 42.6 Å². The number of hydrogen-bond donors (Lipinski definition) is 0. The molecule has 5 nitrogen and oxygen atoms in total. The first-order chi connectivity index (χ1) is 4.46. The predicted octanol–water partition coefficient (Wildman–Crippen LogP) is 0.0384. The zero-order valence-electron chi connectivity index (χ0n) is 6.74. The minimum absolute atomic E-state index is 0.269. The average molecular weight is 147 g/mol. The summed E-state index contributed by atoms with van der Waals surface area (Å²) in [6, 6.07) is 0. The monoisotopic (exact) mass is 147 g/mol. The maximum absolute atomic E-state index is 10.8. The first kappa shape index (κ1) is 9.80. The van der Waals surface area contributed by atoms with Gasteiger partial charge in [-0.05, 0) is 28.1 Å². The SMILES string of the molecule is CC(N(C)C)N([O-])N(C)[O-]. The van der Waals surface area contributed by atoms with Crippen molar-refractivity contribution in [2.24, 2.45) is 0 Å². The highest BCUT2D eigenvalue weighted by Crippen LogP contribution is 2.00. The van der Waals surface area contributed by atoms with Crippen LogP contribution in [0.25, 0.3) is 0 Å². The predicted molar refractivity (Wildman–Crippen MR) is 39.5 cm³/mol. The van der Waals surface area contributed by atoms with Crippen molar-refractivity contribution in [3.63, 3.8) is 0 Å². The third-order valence-corrected chi connectivity index (χ3v) is 1.34. The van der Waals surface area contributed by atoms with Crippen LogP contribution in [0.4, 0.5) is 0 Å². The van der Waals surface area contributed by atoms with Crippen molar-refractivity contribution < 1.29 is 0 Å². The third kappa shape index (κ3) is 2.59. The molecule has 0 heterocycles. The van der Waals surface area contributed by atoms with E-state index < -0.39 is 6.17 Å². The molecule has 0 fully saturated rings. The Kier molecular flexibility index (Phi) is 3.77. The van der Waals surface area contributed by atoms with E-state index in [9.17, 15) is 10.4 Å². The Morgan fingerprint density at radius 2 is 1.50 bits per heavy atom. The van der Waals surface area contributed by atoms with Gasteiger partial charge in [-0.15, -0.1) is 0 Å². The topological polar surface area (TPSA) is 55.8 Å². The summed E-state index contributed by atoms with van der Waals surface area (Å²) in [5.74, 6) is 0. The van der Waals surface area contributed by atoms with Gasteiger partial charge in [0.25, 0.3) is 0 Å². The van der Waals surface area contributed by atoms with Gasteiger partial charge in [-0.25, -0.2) is 0 Å². The zero-order valence-corrected chi connectivity index (χ0v) is 6.74. The molecule has 0 aromatic rings. The molecule has 0 aliphatic heterocycles. The summed E-state index contributed by atoms with van der Waals surface area (Å²) in [6.07, 6.45) is -0.414. The Bertz CT molecular complexity index is 84.9. The van der Waals surface area contributed by atoms with Crippen LogP contribution in [0.3, 0.4) is 0 Å². The molecule has 0 saturated carbocycles. The molecular formula is C5H13N3O2-2. The summed E-state index contributed by atoms with van der Waals surface area (Å²) in [5, 5.41) is 21.8. The van der Waals surface area contributed by atoms with Crippen LogP contribution in [0.15, 0.2) is 0 Å². The smallest absolute Gasteiger partial charge is 0.0594 e. The lowest BCUT2D eigenvalue weighted by Crippen LogP contribution is -2.45. The van der Waals surface area contributed by atoms with Gasteiger partial charge in [0.1, 0.15) is 0 Å². The highest BCUT2D eigenvalue weighted by molar-refractivity contribution is 4.61. The minimum Gasteiger partial charge on any atom is -0.772 e. The molecule has 62 valence electrons. The minimum atomic E-state index is -0.414. The second-order valence-corrected chi connectivity index (χ2v) is 2.36. The fourth-order valence-electron chi connectivity index (χ4n) is 0.433. The van der Waals surface area contributed by atoms with Gasteiger partial charge in [0.05, 0.1) is 6.17 Å². The van der Waals surface area contributed by atoms with Gasteiger partial charge in [0, 0.05) is 0 Å². The van der Waals surface area contributed by atoms with Gasteiger partial charge in [-0.3, -0.25) is 4.90 Å². The number of rotatable bonds is 3. The van der Waals surface area contributed by atoms with E-state index in [1.54, 1.807) is 25.9 Å². The molecule has 0 aromatic carbocycles. The summed E-state index contributed by atoms with van der Waals surface area (Å²) in [6.45, 7) is 1.65. The molecule has 1 atom stereocenters. The molecule has 0 spiro atoms. The lowest BCUT2D eigenvalue weighted by molar-refractivity contribution is -0.000299. The molecule has 0 rings (SSSR count). The van der Waals surface area contributed by atoms with Gasteiger partial charge < -0.3 is 20.8 Å². The van der Waals surface area contributed by atoms with Crippen LogP contribution in [0, 0.1) is 10.4 Å². The molecule has 0 aliphatic carbocycles. The standard InChI is InChI=1S/C5H13N3O2/c1-5(6(2)3)8(10)7(4)9/h5H,1-4H3/q-2. The van der Waals surface area contributed by atoms with Gasteiger partial charge in [0.15, 0.2) is 0 Å². The van der Waals surface area contributed by atoms with Gasteiger partial charge in [-0.2, -0.15) is 0 Å². The zero-order chi connectivity index (χ0) is 8.31. The molecule has 0 aliphatic rings. The van der Waals surface area contributed by atoms with Crippen molar-refractivity contribution in [3.05, 3.63) is 10.4 Å². The van der Waals surface area contributed by atoms with Crippen molar-refractivity contribution in [1.29, 1.82) is 0 Å². The summed E-state index contributed by atoms with van der Waals surface area (Å²) in [4.78, 5) is 1.65. The van der Waals surface area contributed by atoms with E-state index in [0.717, 1.165) is 0 Å². The molecule has 5 heteroatoms. The number of nitrogens with zero attached hydrogens (tertiary/aromatic N) is 3. The fraction of sp³-hybridized carbons (Fsp3) is 1.00. The number of hydrazine groups is 1. The fourth-order valence-corrected chi connectivity index (χ4v) is 0.433. The van der Waals surface area contributed by atoms with E-state index in [0.29, 0.717) is 5.17 Å². The van der Waals surface area contributed by atoms with Gasteiger partial charge in [-0.1, -0.05) is 0 Å². The van der Waals surface area contributed by atoms with Crippen molar-refractivity contribution in [3.8, 4) is 0 Å². The molecule has 0 saturated heterocycles. The first-order valence-electron chi connectivity index (χ1n) is 3.00. The van der Waals surface area contributed by atoms with Crippen LogP contribution < -0.4 is 0 Å². The van der Waals surface area contributed by atoms with Crippen molar-refractivity contribution in [2.45, 2.75) is 13.1 Å². The molecule has 0 radical (unpaired) electrons. The van der Waals surface area contributed by atoms with Crippen LogP contribution in [0.2, 0.25) is 0 Å². The molecule has 0 amide bonds. The molecule has 1 unspecified atom stereocenters. The average Bonchev–Trinajstić information content (AvgIpc) is 1.84. The molecule has 0 N–H and O–H groups in total. The highest BCUT2D eigenvalue weighted by Gasteiger charge is 2.04. The maximum atomic E-state index is 10.8. The van der Waals surface area contributed by atoms with E-state index >= 15 is 0 Å². The Morgan fingerprint density at radius 1 is 1.10 bits per heavy atom. The van der Waals surface area contributed by atoms with Crippen molar-refractivity contribution >= 4 is 0 Å². The molecular weight excluding hydrogens is 134 g/mol. The van der Waals surface area contributed by atoms with E-state index in [-0.39, 0.29) is 5.17 Å². The van der Waals surface area contributed by atoms with Crippen molar-refractivity contribution in [2.75, 3.05) is 21.1 Å². The maximum Gasteiger partial charge on any atom is 0.0594 e. The summed E-state index contributed by atoms with van der Waals surface area (Å²) in [5.41, 5.74) is 0. The Hall–Kier alpha value is -0.200. The van der Waals surface area contributed by atoms with E-state index in [1.807, 2.05) is 0 Å². The summed E-state index contributed by atoms with van der Waals surface area (Å²) in [7, 11) is 4.64. The first-order valence-corrected chi connectivity index (χ1v) is 3.00. The molecule has 0 aromatic heterocycles. The van der Waals surface area contributed by atoms with E-state index in [2.05, 4.69) is 0 Å². The Balaban J connectivity index is 3.81. The number of hydroxylamine groups is 2. The normalized spacial score (nSPS) is 15.3. The molecule has 10 heavy (non-hydrogen) atoms. The van der Waals surface area contributed by atoms with Crippen LogP contribution >= 0.6 is 0 Å². The molecule has 0 bridgehead atoms. The Labute approximate surface area is 60.9 Å². The van der Waals surface area contributed by atoms with Gasteiger partial charge in [0.2, 0.25) is 0 Å². The number of hydrogen-bond acceptors (Lipinski definition) is 5. The highest BCUT2D eigenvalue weighted by atomic mass is 16.7.